The van der Waals surface area contributed by atoms with Crippen molar-refractivity contribution in [3.05, 3.63) is 40.6 Å². The molecule has 0 saturated carbocycles. The number of benzene rings is 1. The minimum absolute atomic E-state index is 0.770. The van der Waals surface area contributed by atoms with Gasteiger partial charge in [0.05, 0.1) is 0 Å². The van der Waals surface area contributed by atoms with E-state index in [4.69, 9.17) is 0 Å². The molecule has 0 unspecified atom stereocenters. The average Bonchev–Trinajstić information content (AvgIpc) is 2.31. The van der Waals surface area contributed by atoms with Crippen molar-refractivity contribution < 1.29 is 0 Å². The van der Waals surface area contributed by atoms with Gasteiger partial charge in [-0.1, -0.05) is 23.9 Å². The van der Waals surface area contributed by atoms with Crippen molar-refractivity contribution in [3.8, 4) is 0 Å². The second-order valence-electron chi connectivity index (χ2n) is 3.42. The fourth-order valence-corrected chi connectivity index (χ4v) is 2.77. The fourth-order valence-electron chi connectivity index (χ4n) is 1.36. The van der Waals surface area contributed by atoms with E-state index >= 15 is 0 Å². The Balaban J connectivity index is 2.30. The molecule has 0 spiro atoms. The maximum absolute atomic E-state index is 4.41. The standard InChI is InChI=1S/C12H12BrN3S/c1-8-15-11(14-2)7-12(16-8)17-10-6-4-3-5-9(10)13/h3-7H,1-2H3,(H,14,15,16). The summed E-state index contributed by atoms with van der Waals surface area (Å²) in [6, 6.07) is 10.0. The molecule has 0 bridgehead atoms. The van der Waals surface area contributed by atoms with Crippen molar-refractivity contribution in [2.24, 2.45) is 0 Å². The quantitative estimate of drug-likeness (QED) is 0.877. The summed E-state index contributed by atoms with van der Waals surface area (Å²) in [5, 5.41) is 3.97. The summed E-state index contributed by atoms with van der Waals surface area (Å²) < 4.78 is 1.08. The first-order chi connectivity index (χ1) is 8.19. The highest BCUT2D eigenvalue weighted by molar-refractivity contribution is 9.10. The number of aromatic nitrogens is 2. The number of hydrogen-bond donors (Lipinski definition) is 1. The zero-order valence-corrected chi connectivity index (χ0v) is 12.0. The third-order valence-electron chi connectivity index (χ3n) is 2.12. The van der Waals surface area contributed by atoms with Gasteiger partial charge >= 0.3 is 0 Å². The molecule has 0 saturated heterocycles. The van der Waals surface area contributed by atoms with E-state index in [-0.39, 0.29) is 0 Å². The largest absolute Gasteiger partial charge is 0.373 e. The highest BCUT2D eigenvalue weighted by Crippen LogP contribution is 2.32. The fraction of sp³-hybridized carbons (Fsp3) is 0.167. The number of rotatable bonds is 3. The van der Waals surface area contributed by atoms with Crippen LogP contribution in [-0.2, 0) is 0 Å². The molecule has 0 radical (unpaired) electrons. The zero-order chi connectivity index (χ0) is 12.3. The Morgan fingerprint density at radius 1 is 1.24 bits per heavy atom. The van der Waals surface area contributed by atoms with Gasteiger partial charge in [-0.3, -0.25) is 0 Å². The van der Waals surface area contributed by atoms with E-state index in [2.05, 4.69) is 37.3 Å². The van der Waals surface area contributed by atoms with Crippen LogP contribution < -0.4 is 5.32 Å². The summed E-state index contributed by atoms with van der Waals surface area (Å²) in [7, 11) is 1.86. The minimum atomic E-state index is 0.770. The molecule has 1 N–H and O–H groups in total. The van der Waals surface area contributed by atoms with Crippen molar-refractivity contribution in [3.63, 3.8) is 0 Å². The van der Waals surface area contributed by atoms with Crippen LogP contribution in [0.1, 0.15) is 5.82 Å². The number of halogens is 1. The van der Waals surface area contributed by atoms with Crippen LogP contribution in [0.15, 0.2) is 44.7 Å². The summed E-state index contributed by atoms with van der Waals surface area (Å²) in [6.07, 6.45) is 0. The number of anilines is 1. The normalized spacial score (nSPS) is 10.3. The second kappa shape index (κ2) is 5.51. The first-order valence-corrected chi connectivity index (χ1v) is 6.76. The van der Waals surface area contributed by atoms with Crippen LogP contribution in [0, 0.1) is 6.92 Å². The Kier molecular flexibility index (Phi) is 4.02. The van der Waals surface area contributed by atoms with Gasteiger partial charge in [0.25, 0.3) is 0 Å². The highest BCUT2D eigenvalue weighted by Gasteiger charge is 2.05. The van der Waals surface area contributed by atoms with Crippen LogP contribution in [0.5, 0.6) is 0 Å². The summed E-state index contributed by atoms with van der Waals surface area (Å²) >= 11 is 5.15. The van der Waals surface area contributed by atoms with Gasteiger partial charge in [-0.05, 0) is 35.0 Å². The molecule has 17 heavy (non-hydrogen) atoms. The smallest absolute Gasteiger partial charge is 0.130 e. The van der Waals surface area contributed by atoms with Crippen LogP contribution in [0.4, 0.5) is 5.82 Å². The van der Waals surface area contributed by atoms with Gasteiger partial charge in [-0.25, -0.2) is 9.97 Å². The number of aryl methyl sites for hydroxylation is 1. The summed E-state index contributed by atoms with van der Waals surface area (Å²) in [4.78, 5) is 9.82. The first-order valence-electron chi connectivity index (χ1n) is 5.15. The van der Waals surface area contributed by atoms with Gasteiger partial charge in [0.2, 0.25) is 0 Å². The van der Waals surface area contributed by atoms with E-state index in [0.29, 0.717) is 0 Å². The molecule has 0 fully saturated rings. The van der Waals surface area contributed by atoms with Crippen LogP contribution in [0.2, 0.25) is 0 Å². The Morgan fingerprint density at radius 3 is 2.71 bits per heavy atom. The molecule has 3 nitrogen and oxygen atoms in total. The topological polar surface area (TPSA) is 37.8 Å². The van der Waals surface area contributed by atoms with Gasteiger partial charge in [-0.15, -0.1) is 0 Å². The summed E-state index contributed by atoms with van der Waals surface area (Å²) in [5.74, 6) is 1.61. The molecule has 1 heterocycles. The molecular weight excluding hydrogens is 298 g/mol. The van der Waals surface area contributed by atoms with Gasteiger partial charge in [0, 0.05) is 22.5 Å². The van der Waals surface area contributed by atoms with Crippen LogP contribution in [0.25, 0.3) is 0 Å². The summed E-state index contributed by atoms with van der Waals surface area (Å²) in [5.41, 5.74) is 0. The van der Waals surface area contributed by atoms with Gasteiger partial charge in [0.1, 0.15) is 16.7 Å². The molecule has 2 aromatic rings. The van der Waals surface area contributed by atoms with Crippen molar-refractivity contribution in [2.75, 3.05) is 12.4 Å². The second-order valence-corrected chi connectivity index (χ2v) is 5.34. The van der Waals surface area contributed by atoms with Gasteiger partial charge in [-0.2, -0.15) is 0 Å². The third kappa shape index (κ3) is 3.20. The highest BCUT2D eigenvalue weighted by atomic mass is 79.9. The molecule has 1 aromatic heterocycles. The Bertz CT molecular complexity index is 531. The lowest BCUT2D eigenvalue weighted by atomic mass is 10.4. The number of hydrogen-bond acceptors (Lipinski definition) is 4. The van der Waals surface area contributed by atoms with Crippen LogP contribution >= 0.6 is 27.7 Å². The lowest BCUT2D eigenvalue weighted by Crippen LogP contribution is -1.97. The molecule has 0 amide bonds. The Morgan fingerprint density at radius 2 is 2.00 bits per heavy atom. The Hall–Kier alpha value is -1.07. The SMILES string of the molecule is CNc1cc(Sc2ccccc2Br)nc(C)n1. The van der Waals surface area contributed by atoms with Crippen LogP contribution in [-0.4, -0.2) is 17.0 Å². The van der Waals surface area contributed by atoms with E-state index in [0.717, 1.165) is 26.0 Å². The predicted octanol–water partition coefficient (Wildman–Crippen LogP) is 3.74. The lowest BCUT2D eigenvalue weighted by Gasteiger charge is -2.06. The van der Waals surface area contributed by atoms with Crippen LogP contribution in [0.3, 0.4) is 0 Å². The van der Waals surface area contributed by atoms with E-state index in [1.165, 1.54) is 0 Å². The molecule has 1 aromatic carbocycles. The zero-order valence-electron chi connectivity index (χ0n) is 9.57. The number of nitrogens with one attached hydrogen (secondary N) is 1. The van der Waals surface area contributed by atoms with E-state index in [1.807, 2.05) is 38.2 Å². The van der Waals surface area contributed by atoms with Crippen molar-refractivity contribution in [2.45, 2.75) is 16.8 Å². The average molecular weight is 310 g/mol. The number of nitrogens with zero attached hydrogens (tertiary/aromatic N) is 2. The van der Waals surface area contributed by atoms with E-state index in [1.54, 1.807) is 11.8 Å². The molecule has 0 aliphatic carbocycles. The third-order valence-corrected chi connectivity index (χ3v) is 4.07. The molecule has 0 aliphatic rings. The molecule has 0 aliphatic heterocycles. The monoisotopic (exact) mass is 309 g/mol. The molecule has 5 heteroatoms. The van der Waals surface area contributed by atoms with Gasteiger partial charge < -0.3 is 5.32 Å². The van der Waals surface area contributed by atoms with E-state index in [9.17, 15) is 0 Å². The maximum Gasteiger partial charge on any atom is 0.130 e. The molecular formula is C12H12BrN3S. The molecule has 88 valence electrons. The van der Waals surface area contributed by atoms with Gasteiger partial charge in [0.15, 0.2) is 0 Å². The molecule has 0 atom stereocenters. The minimum Gasteiger partial charge on any atom is -0.373 e. The summed E-state index contributed by atoms with van der Waals surface area (Å²) in [6.45, 7) is 1.89. The lowest BCUT2D eigenvalue weighted by molar-refractivity contribution is 0.969. The predicted molar refractivity (Wildman–Crippen MR) is 74.6 cm³/mol. The van der Waals surface area contributed by atoms with Crippen molar-refractivity contribution >= 4 is 33.5 Å². The van der Waals surface area contributed by atoms with Crippen molar-refractivity contribution in [1.82, 2.24) is 9.97 Å². The first kappa shape index (κ1) is 12.4. The Labute approximate surface area is 113 Å². The molecule has 2 rings (SSSR count). The van der Waals surface area contributed by atoms with Crippen molar-refractivity contribution in [1.29, 1.82) is 0 Å². The maximum atomic E-state index is 4.41. The van der Waals surface area contributed by atoms with E-state index < -0.39 is 0 Å².